The number of hydrogen-bond donors (Lipinski definition) is 1. The molecule has 0 fully saturated rings. The molecule has 0 spiro atoms. The normalized spacial score (nSPS) is 22.1. The van der Waals surface area contributed by atoms with Crippen molar-refractivity contribution < 1.29 is 0 Å². The summed E-state index contributed by atoms with van der Waals surface area (Å²) < 4.78 is 0. The smallest absolute Gasteiger partial charge is 0.180 e. The lowest BCUT2D eigenvalue weighted by atomic mass is 9.89. The van der Waals surface area contributed by atoms with Crippen molar-refractivity contribution in [2.24, 2.45) is 0 Å². The Morgan fingerprint density at radius 2 is 2.47 bits per heavy atom. The fourth-order valence-corrected chi connectivity index (χ4v) is 3.60. The van der Waals surface area contributed by atoms with Crippen molar-refractivity contribution in [1.82, 2.24) is 9.88 Å². The van der Waals surface area contributed by atoms with Crippen LogP contribution < -0.4 is 5.73 Å². The average Bonchev–Trinajstić information content (AvgIpc) is 2.70. The number of rotatable bonds is 2. The van der Waals surface area contributed by atoms with E-state index in [2.05, 4.69) is 35.2 Å². The second kappa shape index (κ2) is 4.18. The van der Waals surface area contributed by atoms with Gasteiger partial charge in [0.2, 0.25) is 0 Å². The first-order chi connectivity index (χ1) is 8.29. The van der Waals surface area contributed by atoms with Gasteiger partial charge in [-0.2, -0.15) is 0 Å². The summed E-state index contributed by atoms with van der Waals surface area (Å²) in [4.78, 5) is 8.29. The summed E-state index contributed by atoms with van der Waals surface area (Å²) in [6, 6.07) is 0.508. The highest BCUT2D eigenvalue weighted by molar-refractivity contribution is 7.15. The van der Waals surface area contributed by atoms with E-state index in [9.17, 15) is 0 Å². The van der Waals surface area contributed by atoms with Gasteiger partial charge in [0.1, 0.15) is 0 Å². The van der Waals surface area contributed by atoms with Gasteiger partial charge in [-0.05, 0) is 31.5 Å². The lowest BCUT2D eigenvalue weighted by molar-refractivity contribution is 0.307. The molecule has 3 rings (SSSR count). The highest BCUT2D eigenvalue weighted by Crippen LogP contribution is 2.38. The Labute approximate surface area is 106 Å². The fourth-order valence-electron chi connectivity index (χ4n) is 2.73. The molecule has 1 aliphatic carbocycles. The van der Waals surface area contributed by atoms with Crippen molar-refractivity contribution in [1.29, 1.82) is 0 Å². The van der Waals surface area contributed by atoms with Crippen LogP contribution in [0.4, 0.5) is 5.13 Å². The van der Waals surface area contributed by atoms with Crippen molar-refractivity contribution in [3.05, 3.63) is 28.9 Å². The third-order valence-electron chi connectivity index (χ3n) is 3.43. The first-order valence-electron chi connectivity index (χ1n) is 6.19. The van der Waals surface area contributed by atoms with E-state index >= 15 is 0 Å². The summed E-state index contributed by atoms with van der Waals surface area (Å²) in [5, 5.41) is 0.702. The number of aryl methyl sites for hydroxylation is 1. The van der Waals surface area contributed by atoms with E-state index < -0.39 is 0 Å². The molecule has 0 amide bonds. The Morgan fingerprint density at radius 3 is 3.29 bits per heavy atom. The van der Waals surface area contributed by atoms with Crippen LogP contribution in [0.3, 0.4) is 0 Å². The van der Waals surface area contributed by atoms with Gasteiger partial charge in [-0.1, -0.05) is 13.0 Å². The molecule has 1 atom stereocenters. The zero-order chi connectivity index (χ0) is 11.8. The topological polar surface area (TPSA) is 42.2 Å². The summed E-state index contributed by atoms with van der Waals surface area (Å²) in [7, 11) is 0. The maximum atomic E-state index is 5.82. The Morgan fingerprint density at radius 1 is 1.59 bits per heavy atom. The van der Waals surface area contributed by atoms with Crippen molar-refractivity contribution in [3.8, 4) is 0 Å². The molecule has 1 aromatic heterocycles. The highest BCUT2D eigenvalue weighted by atomic mass is 32.1. The van der Waals surface area contributed by atoms with Crippen LogP contribution >= 0.6 is 11.3 Å². The second-order valence-corrected chi connectivity index (χ2v) is 5.69. The molecule has 0 saturated carbocycles. The van der Waals surface area contributed by atoms with Gasteiger partial charge in [0.15, 0.2) is 5.13 Å². The van der Waals surface area contributed by atoms with Crippen LogP contribution in [0.5, 0.6) is 0 Å². The monoisotopic (exact) mass is 247 g/mol. The van der Waals surface area contributed by atoms with Gasteiger partial charge in [0.05, 0.1) is 11.7 Å². The molecule has 90 valence electrons. The predicted octanol–water partition coefficient (Wildman–Crippen LogP) is 2.66. The van der Waals surface area contributed by atoms with Crippen molar-refractivity contribution in [3.63, 3.8) is 0 Å². The van der Waals surface area contributed by atoms with E-state index in [1.54, 1.807) is 11.3 Å². The molecule has 0 saturated heterocycles. The first kappa shape index (κ1) is 10.8. The van der Waals surface area contributed by atoms with E-state index in [0.717, 1.165) is 18.7 Å². The number of hydrogen-bond acceptors (Lipinski definition) is 4. The van der Waals surface area contributed by atoms with Crippen LogP contribution in [0.15, 0.2) is 18.4 Å². The first-order valence-corrected chi connectivity index (χ1v) is 7.01. The third kappa shape index (κ3) is 1.76. The van der Waals surface area contributed by atoms with E-state index in [0.29, 0.717) is 11.2 Å². The summed E-state index contributed by atoms with van der Waals surface area (Å²) in [5.41, 5.74) is 8.33. The van der Waals surface area contributed by atoms with Crippen LogP contribution in [0, 0.1) is 0 Å². The molecule has 2 aliphatic rings. The lowest BCUT2D eigenvalue weighted by Gasteiger charge is -2.36. The van der Waals surface area contributed by atoms with Crippen molar-refractivity contribution in [2.45, 2.75) is 32.2 Å². The maximum Gasteiger partial charge on any atom is 0.180 e. The van der Waals surface area contributed by atoms with E-state index in [-0.39, 0.29) is 0 Å². The van der Waals surface area contributed by atoms with Gasteiger partial charge in [0, 0.05) is 17.0 Å². The van der Waals surface area contributed by atoms with Gasteiger partial charge >= 0.3 is 0 Å². The quantitative estimate of drug-likeness (QED) is 0.873. The number of nitrogen functional groups attached to an aromatic ring is 1. The number of aromatic nitrogens is 1. The molecular weight excluding hydrogens is 230 g/mol. The molecule has 0 bridgehead atoms. The lowest BCUT2D eigenvalue weighted by Crippen LogP contribution is -2.36. The molecule has 3 nitrogen and oxygen atoms in total. The molecule has 2 N–H and O–H groups in total. The average molecular weight is 247 g/mol. The molecule has 1 aromatic rings. The number of thiazole rings is 1. The zero-order valence-electron chi connectivity index (χ0n) is 10.0. The summed E-state index contributed by atoms with van der Waals surface area (Å²) >= 11 is 1.64. The molecule has 1 unspecified atom stereocenters. The molecule has 2 heterocycles. The standard InChI is InChI=1S/C13H17N3S/c1-2-7-16-8-3-4-9-10(16)5-6-11-12(9)15-13(14)17-11/h3-4,8,10H,2,5-7H2,1H3,(H2,14,15). The number of fused-ring (bicyclic) bond motifs is 3. The highest BCUT2D eigenvalue weighted by Gasteiger charge is 2.30. The van der Waals surface area contributed by atoms with Gasteiger partial charge in [-0.15, -0.1) is 11.3 Å². The zero-order valence-corrected chi connectivity index (χ0v) is 10.8. The number of nitrogens with zero attached hydrogens (tertiary/aromatic N) is 2. The summed E-state index contributed by atoms with van der Waals surface area (Å²) in [5.74, 6) is 0. The van der Waals surface area contributed by atoms with Crippen LogP contribution in [0.1, 0.15) is 30.3 Å². The minimum Gasteiger partial charge on any atom is -0.375 e. The van der Waals surface area contributed by atoms with Crippen LogP contribution in [0.2, 0.25) is 0 Å². The Bertz CT molecular complexity index is 487. The summed E-state index contributed by atoms with van der Waals surface area (Å²) in [6.07, 6.45) is 10.0. The number of anilines is 1. The van der Waals surface area contributed by atoms with E-state index in [1.165, 1.54) is 23.3 Å². The minimum absolute atomic E-state index is 0.508. The van der Waals surface area contributed by atoms with Gasteiger partial charge in [0.25, 0.3) is 0 Å². The Kier molecular flexibility index (Phi) is 2.67. The van der Waals surface area contributed by atoms with E-state index in [1.807, 2.05) is 0 Å². The van der Waals surface area contributed by atoms with Crippen molar-refractivity contribution >= 4 is 22.0 Å². The van der Waals surface area contributed by atoms with Crippen LogP contribution in [-0.4, -0.2) is 22.5 Å². The SMILES string of the molecule is CCCN1C=CC=C2c3nc(N)sc3CCC21. The van der Waals surface area contributed by atoms with Gasteiger partial charge in [-0.25, -0.2) is 4.98 Å². The van der Waals surface area contributed by atoms with Gasteiger partial charge in [-0.3, -0.25) is 0 Å². The van der Waals surface area contributed by atoms with Crippen LogP contribution in [0.25, 0.3) is 5.57 Å². The molecule has 17 heavy (non-hydrogen) atoms. The van der Waals surface area contributed by atoms with Gasteiger partial charge < -0.3 is 10.6 Å². The predicted molar refractivity (Wildman–Crippen MR) is 72.7 cm³/mol. The largest absolute Gasteiger partial charge is 0.375 e. The molecule has 4 heteroatoms. The van der Waals surface area contributed by atoms with Crippen molar-refractivity contribution in [2.75, 3.05) is 12.3 Å². The Balaban J connectivity index is 1.98. The summed E-state index contributed by atoms with van der Waals surface area (Å²) in [6.45, 7) is 3.34. The van der Waals surface area contributed by atoms with E-state index in [4.69, 9.17) is 5.73 Å². The maximum absolute atomic E-state index is 5.82. The fraction of sp³-hybridized carbons (Fsp3) is 0.462. The Hall–Kier alpha value is -1.29. The number of nitrogens with two attached hydrogens (primary N) is 1. The second-order valence-electron chi connectivity index (χ2n) is 4.58. The van der Waals surface area contributed by atoms with Crippen LogP contribution in [-0.2, 0) is 6.42 Å². The third-order valence-corrected chi connectivity index (χ3v) is 4.37. The molecular formula is C13H17N3S. The molecule has 1 aliphatic heterocycles. The number of allylic oxidation sites excluding steroid dienone is 2. The molecule has 0 aromatic carbocycles. The minimum atomic E-state index is 0.508. The molecule has 0 radical (unpaired) electrons.